The number of hydrogen-bond donors (Lipinski definition) is 2. The van der Waals surface area contributed by atoms with Crippen molar-refractivity contribution in [3.8, 4) is 0 Å². The Balaban J connectivity index is 3.61. The van der Waals surface area contributed by atoms with Crippen LogP contribution in [0.5, 0.6) is 0 Å². The molecule has 0 aromatic heterocycles. The van der Waals surface area contributed by atoms with Crippen molar-refractivity contribution in [2.24, 2.45) is 0 Å². The number of rotatable bonds is 4. The van der Waals surface area contributed by atoms with Gasteiger partial charge in [-0.05, 0) is 18.8 Å². The van der Waals surface area contributed by atoms with Crippen molar-refractivity contribution in [1.29, 1.82) is 0 Å². The summed E-state index contributed by atoms with van der Waals surface area (Å²) < 4.78 is 23.2. The molecule has 0 saturated heterocycles. The lowest BCUT2D eigenvalue weighted by Crippen LogP contribution is -2.26. The first kappa shape index (κ1) is 9.16. The van der Waals surface area contributed by atoms with Gasteiger partial charge in [0.2, 0.25) is 10.0 Å². The SMILES string of the molecule is CNS(=O)(=O)CCNCl. The van der Waals surface area contributed by atoms with E-state index in [1.54, 1.807) is 0 Å². The van der Waals surface area contributed by atoms with Gasteiger partial charge in [-0.15, -0.1) is 0 Å². The second kappa shape index (κ2) is 4.05. The second-order valence-corrected chi connectivity index (χ2v) is 3.72. The van der Waals surface area contributed by atoms with Crippen LogP contribution in [0, 0.1) is 0 Å². The summed E-state index contributed by atoms with van der Waals surface area (Å²) in [5.41, 5.74) is 0. The molecule has 0 bridgehead atoms. The highest BCUT2D eigenvalue weighted by molar-refractivity contribution is 7.89. The molecule has 0 heterocycles. The Bertz CT molecular complexity index is 155. The lowest BCUT2D eigenvalue weighted by Gasteiger charge is -1.98. The zero-order valence-corrected chi connectivity index (χ0v) is 6.59. The minimum Gasteiger partial charge on any atom is -0.232 e. The molecule has 0 aliphatic heterocycles. The van der Waals surface area contributed by atoms with Gasteiger partial charge >= 0.3 is 0 Å². The van der Waals surface area contributed by atoms with Gasteiger partial charge in [0.05, 0.1) is 5.75 Å². The van der Waals surface area contributed by atoms with Crippen molar-refractivity contribution in [3.05, 3.63) is 0 Å². The van der Waals surface area contributed by atoms with E-state index in [2.05, 4.69) is 9.56 Å². The van der Waals surface area contributed by atoms with Crippen LogP contribution in [-0.2, 0) is 10.0 Å². The van der Waals surface area contributed by atoms with Gasteiger partial charge in [-0.3, -0.25) is 0 Å². The highest BCUT2D eigenvalue weighted by Crippen LogP contribution is 1.78. The summed E-state index contributed by atoms with van der Waals surface area (Å²) in [5.74, 6) is 0.00694. The number of sulfonamides is 1. The van der Waals surface area contributed by atoms with Crippen molar-refractivity contribution in [2.75, 3.05) is 19.3 Å². The molecule has 0 aliphatic rings. The molecule has 0 rings (SSSR count). The van der Waals surface area contributed by atoms with Crippen LogP contribution in [0.4, 0.5) is 0 Å². The van der Waals surface area contributed by atoms with Gasteiger partial charge in [-0.1, -0.05) is 0 Å². The Labute approximate surface area is 59.7 Å². The average Bonchev–Trinajstić information content (AvgIpc) is 1.84. The minimum atomic E-state index is -3.08. The van der Waals surface area contributed by atoms with E-state index in [0.29, 0.717) is 0 Å². The molecule has 0 aromatic carbocycles. The van der Waals surface area contributed by atoms with Crippen LogP contribution in [0.15, 0.2) is 0 Å². The maximum atomic E-state index is 10.5. The largest absolute Gasteiger partial charge is 0.232 e. The Morgan fingerprint density at radius 1 is 1.56 bits per heavy atom. The summed E-state index contributed by atoms with van der Waals surface area (Å²) in [6.07, 6.45) is 0. The summed E-state index contributed by atoms with van der Waals surface area (Å²) in [7, 11) is -1.71. The molecule has 0 radical (unpaired) electrons. The third-order valence-corrected chi connectivity index (χ3v) is 2.33. The smallest absolute Gasteiger partial charge is 0.212 e. The van der Waals surface area contributed by atoms with Gasteiger partial charge in [0.25, 0.3) is 0 Å². The van der Waals surface area contributed by atoms with Crippen LogP contribution in [-0.4, -0.2) is 27.8 Å². The van der Waals surface area contributed by atoms with Gasteiger partial charge in [0.15, 0.2) is 0 Å². The van der Waals surface area contributed by atoms with Gasteiger partial charge in [-0.25, -0.2) is 18.0 Å². The molecule has 0 saturated carbocycles. The van der Waals surface area contributed by atoms with E-state index in [0.717, 1.165) is 0 Å². The summed E-state index contributed by atoms with van der Waals surface area (Å²) in [5, 5.41) is 0. The fourth-order valence-electron chi connectivity index (χ4n) is 0.275. The van der Waals surface area contributed by atoms with Gasteiger partial charge < -0.3 is 0 Å². The lowest BCUT2D eigenvalue weighted by molar-refractivity contribution is 0.587. The Morgan fingerprint density at radius 2 is 2.11 bits per heavy atom. The molecule has 0 amide bonds. The molecule has 4 nitrogen and oxygen atoms in total. The molecule has 0 atom stereocenters. The highest BCUT2D eigenvalue weighted by Gasteiger charge is 2.03. The monoisotopic (exact) mass is 172 g/mol. The summed E-state index contributed by atoms with van der Waals surface area (Å²) >= 11 is 5.02. The molecule has 56 valence electrons. The normalized spacial score (nSPS) is 11.8. The number of halogens is 1. The Morgan fingerprint density at radius 3 is 2.44 bits per heavy atom. The van der Waals surface area contributed by atoms with E-state index in [1.165, 1.54) is 7.05 Å². The summed E-state index contributed by atoms with van der Waals surface area (Å²) in [6, 6.07) is 0. The standard InChI is InChI=1S/C3H9ClN2O2S/c1-5-9(7,8)3-2-6-4/h5-6H,2-3H2,1H3. The first-order chi connectivity index (χ1) is 4.12. The Hall–Kier alpha value is 0.160. The molecule has 0 unspecified atom stereocenters. The molecular formula is C3H9ClN2O2S. The number of nitrogens with one attached hydrogen (secondary N) is 2. The van der Waals surface area contributed by atoms with Crippen molar-refractivity contribution in [1.82, 2.24) is 9.56 Å². The van der Waals surface area contributed by atoms with Crippen LogP contribution in [0.2, 0.25) is 0 Å². The average molecular weight is 173 g/mol. The maximum Gasteiger partial charge on any atom is 0.212 e. The third-order valence-electron chi connectivity index (χ3n) is 0.776. The quantitative estimate of drug-likeness (QED) is 0.551. The second-order valence-electron chi connectivity index (χ2n) is 1.41. The highest BCUT2D eigenvalue weighted by atomic mass is 35.5. The van der Waals surface area contributed by atoms with Crippen LogP contribution < -0.4 is 9.56 Å². The van der Waals surface area contributed by atoms with Crippen LogP contribution in [0.25, 0.3) is 0 Å². The fourth-order valence-corrected chi connectivity index (χ4v) is 1.06. The number of hydrogen-bond acceptors (Lipinski definition) is 3. The molecule has 2 N–H and O–H groups in total. The van der Waals surface area contributed by atoms with Crippen LogP contribution in [0.3, 0.4) is 0 Å². The van der Waals surface area contributed by atoms with E-state index in [1.807, 2.05) is 0 Å². The Kier molecular flexibility index (Phi) is 4.12. The first-order valence-corrected chi connectivity index (χ1v) is 4.40. The van der Waals surface area contributed by atoms with Crippen molar-refractivity contribution in [2.45, 2.75) is 0 Å². The minimum absolute atomic E-state index is 0.00694. The fraction of sp³-hybridized carbons (Fsp3) is 1.00. The molecule has 0 fully saturated rings. The zero-order chi connectivity index (χ0) is 7.33. The molecule has 0 aliphatic carbocycles. The van der Waals surface area contributed by atoms with E-state index < -0.39 is 10.0 Å². The van der Waals surface area contributed by atoms with Crippen LogP contribution >= 0.6 is 11.8 Å². The van der Waals surface area contributed by atoms with Gasteiger partial charge in [0.1, 0.15) is 0 Å². The lowest BCUT2D eigenvalue weighted by atomic mass is 10.8. The summed E-state index contributed by atoms with van der Waals surface area (Å²) in [6.45, 7) is 0.255. The topological polar surface area (TPSA) is 58.2 Å². The van der Waals surface area contributed by atoms with Crippen molar-refractivity contribution >= 4 is 21.8 Å². The molecule has 0 spiro atoms. The predicted octanol–water partition coefficient (Wildman–Crippen LogP) is -0.721. The van der Waals surface area contributed by atoms with Crippen molar-refractivity contribution in [3.63, 3.8) is 0 Å². The summed E-state index contributed by atoms with van der Waals surface area (Å²) in [4.78, 5) is 2.21. The first-order valence-electron chi connectivity index (χ1n) is 2.37. The van der Waals surface area contributed by atoms with E-state index in [4.69, 9.17) is 11.8 Å². The van der Waals surface area contributed by atoms with Crippen molar-refractivity contribution < 1.29 is 8.42 Å². The molecule has 0 aromatic rings. The third kappa shape index (κ3) is 4.65. The van der Waals surface area contributed by atoms with E-state index >= 15 is 0 Å². The molecule has 6 heteroatoms. The van der Waals surface area contributed by atoms with E-state index in [-0.39, 0.29) is 12.3 Å². The van der Waals surface area contributed by atoms with E-state index in [9.17, 15) is 8.42 Å². The van der Waals surface area contributed by atoms with Gasteiger partial charge in [-0.2, -0.15) is 0 Å². The maximum absolute atomic E-state index is 10.5. The predicted molar refractivity (Wildman–Crippen MR) is 36.7 cm³/mol. The van der Waals surface area contributed by atoms with Crippen LogP contribution in [0.1, 0.15) is 0 Å². The zero-order valence-electron chi connectivity index (χ0n) is 5.02. The van der Waals surface area contributed by atoms with Gasteiger partial charge in [0, 0.05) is 6.54 Å². The molecule has 9 heavy (non-hydrogen) atoms. The molecular weight excluding hydrogens is 164 g/mol.